The summed E-state index contributed by atoms with van der Waals surface area (Å²) >= 11 is 0. The van der Waals surface area contributed by atoms with Crippen molar-refractivity contribution in [3.8, 4) is 0 Å². The minimum absolute atomic E-state index is 0.273. The average molecular weight is 352 g/mol. The van der Waals surface area contributed by atoms with Crippen LogP contribution in [-0.4, -0.2) is 24.3 Å². The van der Waals surface area contributed by atoms with Gasteiger partial charge in [0.1, 0.15) is 0 Å². The molecule has 0 saturated heterocycles. The summed E-state index contributed by atoms with van der Waals surface area (Å²) in [6, 6.07) is 17.8. The Morgan fingerprint density at radius 3 is 1.77 bits per heavy atom. The maximum atomic E-state index is 12.9. The van der Waals surface area contributed by atoms with Crippen molar-refractivity contribution in [1.29, 1.82) is 0 Å². The van der Waals surface area contributed by atoms with Crippen LogP contribution in [0.25, 0.3) is 0 Å². The van der Waals surface area contributed by atoms with Crippen LogP contribution in [0, 0.1) is 5.92 Å². The first-order valence-electron chi connectivity index (χ1n) is 9.47. The second-order valence-electron chi connectivity index (χ2n) is 6.59. The Kier molecular flexibility index (Phi) is 8.23. The van der Waals surface area contributed by atoms with E-state index in [-0.39, 0.29) is 11.6 Å². The third-order valence-electron chi connectivity index (χ3n) is 4.63. The van der Waals surface area contributed by atoms with Crippen LogP contribution in [0.5, 0.6) is 0 Å². The van der Waals surface area contributed by atoms with Crippen LogP contribution in [0.2, 0.25) is 0 Å². The van der Waals surface area contributed by atoms with E-state index in [2.05, 4.69) is 13.8 Å². The number of hydrogen-bond donors (Lipinski definition) is 0. The smallest absolute Gasteiger partial charge is 0.199 e. The molecule has 26 heavy (non-hydrogen) atoms. The zero-order valence-electron chi connectivity index (χ0n) is 15.7. The van der Waals surface area contributed by atoms with E-state index < -0.39 is 6.10 Å². The summed E-state index contributed by atoms with van der Waals surface area (Å²) in [6.07, 6.45) is 3.21. The van der Waals surface area contributed by atoms with Gasteiger partial charge in [-0.2, -0.15) is 0 Å². The van der Waals surface area contributed by atoms with Gasteiger partial charge in [-0.3, -0.25) is 9.59 Å². The monoisotopic (exact) mass is 352 g/mol. The predicted octanol–water partition coefficient (Wildman–Crippen LogP) is 5.35. The molecule has 0 bridgehead atoms. The van der Waals surface area contributed by atoms with Gasteiger partial charge in [0.15, 0.2) is 17.7 Å². The number of carbonyl (C=O) groups is 2. The molecule has 1 atom stereocenters. The summed E-state index contributed by atoms with van der Waals surface area (Å²) in [4.78, 5) is 25.9. The summed E-state index contributed by atoms with van der Waals surface area (Å²) < 4.78 is 5.93. The van der Waals surface area contributed by atoms with Crippen molar-refractivity contribution >= 4 is 11.6 Å². The second-order valence-corrected chi connectivity index (χ2v) is 6.59. The van der Waals surface area contributed by atoms with Crippen molar-refractivity contribution in [3.05, 3.63) is 71.8 Å². The molecule has 0 aliphatic rings. The number of carbonyl (C=O) groups excluding carboxylic acids is 2. The maximum absolute atomic E-state index is 12.9. The van der Waals surface area contributed by atoms with Gasteiger partial charge >= 0.3 is 0 Å². The van der Waals surface area contributed by atoms with E-state index >= 15 is 0 Å². The number of ether oxygens (including phenoxy) is 1. The third-order valence-corrected chi connectivity index (χ3v) is 4.63. The molecule has 1 unspecified atom stereocenters. The molecule has 0 fully saturated rings. The van der Waals surface area contributed by atoms with E-state index in [9.17, 15) is 9.59 Å². The Labute approximate surface area is 156 Å². The molecule has 138 valence electrons. The predicted molar refractivity (Wildman–Crippen MR) is 105 cm³/mol. The van der Waals surface area contributed by atoms with E-state index in [1.165, 1.54) is 0 Å². The van der Waals surface area contributed by atoms with E-state index in [1.54, 1.807) is 48.5 Å². The lowest BCUT2D eigenvalue weighted by Gasteiger charge is -2.20. The topological polar surface area (TPSA) is 43.4 Å². The zero-order chi connectivity index (χ0) is 18.8. The molecule has 0 aliphatic heterocycles. The maximum Gasteiger partial charge on any atom is 0.199 e. The Morgan fingerprint density at radius 2 is 1.35 bits per heavy atom. The zero-order valence-corrected chi connectivity index (χ0v) is 15.7. The van der Waals surface area contributed by atoms with Gasteiger partial charge in [0.25, 0.3) is 0 Å². The lowest BCUT2D eigenvalue weighted by molar-refractivity contribution is 0.0250. The van der Waals surface area contributed by atoms with E-state index in [0.717, 1.165) is 25.7 Å². The Balaban J connectivity index is 2.18. The van der Waals surface area contributed by atoms with Crippen LogP contribution in [0.15, 0.2) is 60.7 Å². The van der Waals surface area contributed by atoms with Crippen molar-refractivity contribution in [3.63, 3.8) is 0 Å². The molecule has 0 amide bonds. The first-order valence-corrected chi connectivity index (χ1v) is 9.47. The van der Waals surface area contributed by atoms with Gasteiger partial charge in [-0.1, -0.05) is 93.8 Å². The highest BCUT2D eigenvalue weighted by molar-refractivity contribution is 6.18. The highest BCUT2D eigenvalue weighted by Crippen LogP contribution is 2.18. The number of unbranched alkanes of at least 4 members (excludes halogenated alkanes) is 1. The quantitative estimate of drug-likeness (QED) is 0.404. The third kappa shape index (κ3) is 5.63. The van der Waals surface area contributed by atoms with Crippen LogP contribution in [-0.2, 0) is 4.74 Å². The van der Waals surface area contributed by atoms with Crippen molar-refractivity contribution < 1.29 is 14.3 Å². The molecule has 2 rings (SSSR count). The summed E-state index contributed by atoms with van der Waals surface area (Å²) in [5.74, 6) is -0.181. The molecule has 0 N–H and O–H groups in total. The van der Waals surface area contributed by atoms with Crippen LogP contribution >= 0.6 is 0 Å². The molecule has 2 aromatic rings. The summed E-state index contributed by atoms with van der Waals surface area (Å²) in [5.41, 5.74) is 1.01. The number of hydrogen-bond acceptors (Lipinski definition) is 3. The molecule has 0 aromatic heterocycles. The average Bonchev–Trinajstić information content (AvgIpc) is 2.71. The van der Waals surface area contributed by atoms with E-state index in [4.69, 9.17) is 4.74 Å². The number of ketones is 2. The van der Waals surface area contributed by atoms with Gasteiger partial charge in [0.2, 0.25) is 0 Å². The van der Waals surface area contributed by atoms with Gasteiger partial charge in [0.05, 0.1) is 6.61 Å². The van der Waals surface area contributed by atoms with E-state index in [1.807, 2.05) is 12.1 Å². The molecular formula is C23H28O3. The van der Waals surface area contributed by atoms with Crippen LogP contribution in [0.3, 0.4) is 0 Å². The fraction of sp³-hybridized carbons (Fsp3) is 0.391. The molecule has 2 aromatic carbocycles. The molecular weight excluding hydrogens is 324 g/mol. The Hall–Kier alpha value is -2.26. The van der Waals surface area contributed by atoms with Crippen LogP contribution in [0.4, 0.5) is 0 Å². The number of Topliss-reactive ketones (excluding diaryl/α,β-unsaturated/α-hetero) is 2. The van der Waals surface area contributed by atoms with Gasteiger partial charge in [-0.05, 0) is 12.3 Å². The molecule has 0 heterocycles. The van der Waals surface area contributed by atoms with Crippen LogP contribution < -0.4 is 0 Å². The normalized spacial score (nSPS) is 12.1. The summed E-state index contributed by atoms with van der Waals surface area (Å²) in [5, 5.41) is 0. The van der Waals surface area contributed by atoms with Gasteiger partial charge < -0.3 is 4.74 Å². The van der Waals surface area contributed by atoms with Crippen LogP contribution in [0.1, 0.15) is 60.2 Å². The number of rotatable bonds is 11. The van der Waals surface area contributed by atoms with Gasteiger partial charge in [-0.15, -0.1) is 0 Å². The first-order chi connectivity index (χ1) is 12.7. The van der Waals surface area contributed by atoms with Crippen molar-refractivity contribution in [1.82, 2.24) is 0 Å². The van der Waals surface area contributed by atoms with Crippen molar-refractivity contribution in [2.45, 2.75) is 45.6 Å². The minimum Gasteiger partial charge on any atom is -0.361 e. The fourth-order valence-electron chi connectivity index (χ4n) is 2.91. The minimum atomic E-state index is -1.09. The molecule has 0 spiro atoms. The Bertz CT molecular complexity index is 628. The van der Waals surface area contributed by atoms with Crippen molar-refractivity contribution in [2.24, 2.45) is 5.92 Å². The SMILES string of the molecule is CCCCC(CC)COC(C(=O)c1ccccc1)C(=O)c1ccccc1. The molecule has 3 heteroatoms. The van der Waals surface area contributed by atoms with Gasteiger partial charge in [0, 0.05) is 11.1 Å². The summed E-state index contributed by atoms with van der Waals surface area (Å²) in [7, 11) is 0. The molecule has 0 radical (unpaired) electrons. The second kappa shape index (κ2) is 10.7. The number of benzene rings is 2. The molecule has 0 saturated carbocycles. The lowest BCUT2D eigenvalue weighted by atomic mass is 9.97. The molecule has 3 nitrogen and oxygen atoms in total. The van der Waals surface area contributed by atoms with Crippen molar-refractivity contribution in [2.75, 3.05) is 6.61 Å². The Morgan fingerprint density at radius 1 is 0.846 bits per heavy atom. The lowest BCUT2D eigenvalue weighted by Crippen LogP contribution is -2.35. The van der Waals surface area contributed by atoms with E-state index in [0.29, 0.717) is 23.7 Å². The fourth-order valence-corrected chi connectivity index (χ4v) is 2.91. The standard InChI is InChI=1S/C23H28O3/c1-3-5-12-18(4-2)17-26-23(21(24)19-13-8-6-9-14-19)22(25)20-15-10-7-11-16-20/h6-11,13-16,18,23H,3-5,12,17H2,1-2H3. The largest absolute Gasteiger partial charge is 0.361 e. The summed E-state index contributed by atoms with van der Waals surface area (Å²) in [6.45, 7) is 4.71. The first kappa shape index (κ1) is 20.1. The highest BCUT2D eigenvalue weighted by atomic mass is 16.5. The highest BCUT2D eigenvalue weighted by Gasteiger charge is 2.30. The van der Waals surface area contributed by atoms with Gasteiger partial charge in [-0.25, -0.2) is 0 Å². The molecule has 0 aliphatic carbocycles.